The van der Waals surface area contributed by atoms with Crippen LogP contribution in [-0.2, 0) is 22.7 Å². The smallest absolute Gasteiger partial charge is 0.338 e. The van der Waals surface area contributed by atoms with Crippen molar-refractivity contribution in [3.05, 3.63) is 118 Å². The number of esters is 2. The predicted octanol–water partition coefficient (Wildman–Crippen LogP) is 4.32. The molecule has 316 valence electrons. The average molecular weight is 807 g/mol. The second-order valence-electron chi connectivity index (χ2n) is 15.2. The van der Waals surface area contributed by atoms with Crippen LogP contribution in [0.3, 0.4) is 0 Å². The summed E-state index contributed by atoms with van der Waals surface area (Å²) in [5, 5.41) is 63.1. The highest BCUT2D eigenvalue weighted by Crippen LogP contribution is 2.33. The topological polar surface area (TPSA) is 216 Å². The van der Waals surface area contributed by atoms with E-state index in [-0.39, 0.29) is 50.8 Å². The minimum absolute atomic E-state index is 0.0802. The zero-order chi connectivity index (χ0) is 42.9. The summed E-state index contributed by atoms with van der Waals surface area (Å²) in [7, 11) is 0. The SMILES string of the molecule is Cc1cc(O)c(O)cc1C(=O)OC[C@@H](O)CNC(C)(C)CO.Cc1cc(OCc2ccccc2)c(OCc2ccccc2)cc1C(=O)OC[C@@H](O)CNC(C)(C)CO. The molecule has 0 aliphatic carbocycles. The fourth-order valence-electron chi connectivity index (χ4n) is 5.00. The van der Waals surface area contributed by atoms with Crippen LogP contribution in [0.15, 0.2) is 84.9 Å². The third-order valence-corrected chi connectivity index (χ3v) is 8.76. The van der Waals surface area contributed by atoms with Gasteiger partial charge in [0.05, 0.1) is 24.3 Å². The summed E-state index contributed by atoms with van der Waals surface area (Å²) in [4.78, 5) is 24.8. The Morgan fingerprint density at radius 2 is 0.983 bits per heavy atom. The molecular weight excluding hydrogens is 748 g/mol. The summed E-state index contributed by atoms with van der Waals surface area (Å²) in [6.07, 6.45) is -1.84. The molecular formula is C44H58N2O12. The van der Waals surface area contributed by atoms with E-state index in [1.165, 1.54) is 6.07 Å². The second-order valence-corrected chi connectivity index (χ2v) is 15.2. The Morgan fingerprint density at radius 3 is 1.41 bits per heavy atom. The summed E-state index contributed by atoms with van der Waals surface area (Å²) >= 11 is 0. The van der Waals surface area contributed by atoms with Gasteiger partial charge in [0.15, 0.2) is 23.0 Å². The third-order valence-electron chi connectivity index (χ3n) is 8.76. The molecule has 0 aromatic heterocycles. The Bertz CT molecular complexity index is 1890. The number of ether oxygens (including phenoxy) is 4. The van der Waals surface area contributed by atoms with Gasteiger partial charge < -0.3 is 60.2 Å². The zero-order valence-corrected chi connectivity index (χ0v) is 34.0. The molecule has 0 bridgehead atoms. The van der Waals surface area contributed by atoms with E-state index in [2.05, 4.69) is 10.6 Å². The van der Waals surface area contributed by atoms with Gasteiger partial charge in [0.1, 0.15) is 38.6 Å². The van der Waals surface area contributed by atoms with Crippen molar-refractivity contribution < 1.29 is 59.2 Å². The Morgan fingerprint density at radius 1 is 0.603 bits per heavy atom. The van der Waals surface area contributed by atoms with E-state index < -0.39 is 41.0 Å². The molecule has 4 rings (SSSR count). The van der Waals surface area contributed by atoms with Crippen molar-refractivity contribution in [1.82, 2.24) is 10.6 Å². The standard InChI is InChI=1S/C29H35NO6.C15H23NO6/c1-21-14-26(34-17-22-10-6-4-7-11-22)27(35-18-23-12-8-5-9-13-23)15-25(21)28(33)36-19-24(32)16-30-29(2,3)20-31;1-9-4-12(19)13(20)5-11(9)14(21)22-7-10(18)6-16-15(2,3)8-17/h4-15,24,30-32H,16-20H2,1-3H3;4-5,10,16-20H,6-8H2,1-3H3/t24-;10-/m00/s1. The second kappa shape index (κ2) is 22.6. The maximum atomic E-state index is 12.9. The predicted molar refractivity (Wildman–Crippen MR) is 218 cm³/mol. The number of rotatable bonds is 20. The quantitative estimate of drug-likeness (QED) is 0.0462. The van der Waals surface area contributed by atoms with Crippen molar-refractivity contribution in [3.63, 3.8) is 0 Å². The number of nitrogens with one attached hydrogen (secondary N) is 2. The molecule has 0 saturated heterocycles. The van der Waals surface area contributed by atoms with Crippen molar-refractivity contribution in [1.29, 1.82) is 0 Å². The lowest BCUT2D eigenvalue weighted by molar-refractivity contribution is 0.0230. The van der Waals surface area contributed by atoms with Gasteiger partial charge in [0, 0.05) is 24.2 Å². The van der Waals surface area contributed by atoms with E-state index in [1.807, 2.05) is 74.5 Å². The van der Waals surface area contributed by atoms with Crippen molar-refractivity contribution >= 4 is 11.9 Å². The summed E-state index contributed by atoms with van der Waals surface area (Å²) in [6.45, 7) is 11.0. The lowest BCUT2D eigenvalue weighted by Gasteiger charge is -2.25. The summed E-state index contributed by atoms with van der Waals surface area (Å²) in [5.41, 5.74) is 2.50. The van der Waals surface area contributed by atoms with Gasteiger partial charge in [-0.2, -0.15) is 0 Å². The van der Waals surface area contributed by atoms with Gasteiger partial charge in [-0.05, 0) is 88.1 Å². The molecule has 2 atom stereocenters. The maximum Gasteiger partial charge on any atom is 0.338 e. The molecule has 4 aromatic carbocycles. The van der Waals surface area contributed by atoms with Crippen LogP contribution in [0.25, 0.3) is 0 Å². The molecule has 14 heteroatoms. The van der Waals surface area contributed by atoms with Gasteiger partial charge in [0.25, 0.3) is 0 Å². The molecule has 0 unspecified atom stereocenters. The number of aliphatic hydroxyl groups is 4. The fourth-order valence-corrected chi connectivity index (χ4v) is 5.00. The van der Waals surface area contributed by atoms with E-state index in [4.69, 9.17) is 24.1 Å². The molecule has 0 aliphatic rings. The molecule has 0 saturated carbocycles. The van der Waals surface area contributed by atoms with Gasteiger partial charge in [-0.25, -0.2) is 9.59 Å². The number of phenols is 2. The maximum absolute atomic E-state index is 12.9. The van der Waals surface area contributed by atoms with Gasteiger partial charge in [-0.15, -0.1) is 0 Å². The minimum Gasteiger partial charge on any atom is -0.504 e. The van der Waals surface area contributed by atoms with Gasteiger partial charge in [-0.1, -0.05) is 60.7 Å². The first-order valence-electron chi connectivity index (χ1n) is 18.9. The van der Waals surface area contributed by atoms with Crippen molar-refractivity contribution in [2.45, 2.75) is 78.0 Å². The molecule has 0 spiro atoms. The summed E-state index contributed by atoms with van der Waals surface area (Å²) in [6, 6.07) is 25.3. The first-order valence-corrected chi connectivity index (χ1v) is 18.9. The van der Waals surface area contributed by atoms with Gasteiger partial charge in [-0.3, -0.25) is 0 Å². The highest BCUT2D eigenvalue weighted by Gasteiger charge is 2.22. The molecule has 4 aromatic rings. The number of hydrogen-bond acceptors (Lipinski definition) is 14. The van der Waals surface area contributed by atoms with Crippen LogP contribution in [0.4, 0.5) is 0 Å². The first kappa shape index (κ1) is 47.2. The number of hydrogen-bond donors (Lipinski definition) is 8. The number of benzene rings is 4. The molecule has 0 fully saturated rings. The lowest BCUT2D eigenvalue weighted by Crippen LogP contribution is -2.47. The van der Waals surface area contributed by atoms with Crippen LogP contribution < -0.4 is 20.1 Å². The molecule has 0 aliphatic heterocycles. The monoisotopic (exact) mass is 806 g/mol. The summed E-state index contributed by atoms with van der Waals surface area (Å²) in [5.74, 6) is -1.03. The largest absolute Gasteiger partial charge is 0.504 e. The molecule has 58 heavy (non-hydrogen) atoms. The van der Waals surface area contributed by atoms with Crippen molar-refractivity contribution in [3.8, 4) is 23.0 Å². The van der Waals surface area contributed by atoms with Crippen molar-refractivity contribution in [2.75, 3.05) is 39.5 Å². The minimum atomic E-state index is -0.930. The number of carbonyl (C=O) groups excluding carboxylic acids is 2. The normalized spacial score (nSPS) is 12.4. The van der Waals surface area contributed by atoms with E-state index in [0.717, 1.165) is 17.2 Å². The zero-order valence-electron chi connectivity index (χ0n) is 34.0. The Balaban J connectivity index is 0.000000351. The van der Waals surface area contributed by atoms with Crippen LogP contribution in [0, 0.1) is 13.8 Å². The Kier molecular flexibility index (Phi) is 18.4. The Labute approximate surface area is 340 Å². The number of β-amino-alcohol motifs (C(OH)–C–C–N with tert-alkyl or cyclic N) is 2. The number of aromatic hydroxyl groups is 2. The molecule has 8 N–H and O–H groups in total. The van der Waals surface area contributed by atoms with Crippen LogP contribution in [0.2, 0.25) is 0 Å². The molecule has 14 nitrogen and oxygen atoms in total. The molecule has 0 amide bonds. The molecule has 0 radical (unpaired) electrons. The van der Waals surface area contributed by atoms with E-state index in [1.54, 1.807) is 39.8 Å². The van der Waals surface area contributed by atoms with E-state index in [0.29, 0.717) is 41.4 Å². The average Bonchev–Trinajstić information content (AvgIpc) is 3.21. The van der Waals surface area contributed by atoms with Crippen molar-refractivity contribution in [2.24, 2.45) is 0 Å². The molecule has 0 heterocycles. The van der Waals surface area contributed by atoms with Gasteiger partial charge in [0.2, 0.25) is 0 Å². The highest BCUT2D eigenvalue weighted by molar-refractivity contribution is 5.92. The Hall–Kier alpha value is -5.22. The first-order chi connectivity index (χ1) is 27.4. The van der Waals surface area contributed by atoms with Crippen LogP contribution >= 0.6 is 0 Å². The van der Waals surface area contributed by atoms with Gasteiger partial charge >= 0.3 is 11.9 Å². The highest BCUT2D eigenvalue weighted by atomic mass is 16.5. The number of phenolic OH excluding ortho intramolecular Hbond substituents is 2. The number of aryl methyl sites for hydroxylation is 2. The van der Waals surface area contributed by atoms with E-state index >= 15 is 0 Å². The summed E-state index contributed by atoms with van der Waals surface area (Å²) < 4.78 is 22.5. The third kappa shape index (κ3) is 16.0. The van der Waals surface area contributed by atoms with Crippen LogP contribution in [0.1, 0.15) is 70.7 Å². The van der Waals surface area contributed by atoms with E-state index in [9.17, 15) is 35.1 Å². The lowest BCUT2D eigenvalue weighted by atomic mass is 10.1. The van der Waals surface area contributed by atoms with Crippen LogP contribution in [-0.4, -0.2) is 105 Å². The fraction of sp³-hybridized carbons (Fsp3) is 0.409. The number of aliphatic hydroxyl groups excluding tert-OH is 4. The van der Waals surface area contributed by atoms with Crippen LogP contribution in [0.5, 0.6) is 23.0 Å². The number of carbonyl (C=O) groups is 2.